The molecule has 0 atom stereocenters. The molecule has 0 aliphatic heterocycles. The molecule has 1 aliphatic carbocycles. The molecule has 1 aromatic rings. The average molecular weight is 305 g/mol. The fourth-order valence-electron chi connectivity index (χ4n) is 2.63. The summed E-state index contributed by atoms with van der Waals surface area (Å²) in [7, 11) is 0. The topological polar surface area (TPSA) is 49.3 Å². The van der Waals surface area contributed by atoms with Crippen molar-refractivity contribution in [3.8, 4) is 11.8 Å². The van der Waals surface area contributed by atoms with E-state index in [0.29, 0.717) is 12.3 Å². The maximum atomic E-state index is 12.2. The molecule has 3 nitrogen and oxygen atoms in total. The molecule has 1 saturated carbocycles. The Kier molecular flexibility index (Phi) is 6.28. The van der Waals surface area contributed by atoms with Gasteiger partial charge in [-0.1, -0.05) is 31.1 Å². The number of rotatable bonds is 4. The molecule has 2 N–H and O–H groups in total. The zero-order chi connectivity index (χ0) is 15.1. The van der Waals surface area contributed by atoms with Gasteiger partial charge in [-0.2, -0.15) is 0 Å². The van der Waals surface area contributed by atoms with Crippen LogP contribution in [0.4, 0.5) is 0 Å². The molecule has 2 rings (SSSR count). The lowest BCUT2D eigenvalue weighted by atomic mass is 9.89. The van der Waals surface area contributed by atoms with Gasteiger partial charge in [-0.05, 0) is 37.3 Å². The van der Waals surface area contributed by atoms with E-state index < -0.39 is 0 Å². The van der Waals surface area contributed by atoms with Gasteiger partial charge in [0.2, 0.25) is 0 Å². The highest BCUT2D eigenvalue weighted by Crippen LogP contribution is 2.24. The molecule has 0 bridgehead atoms. The molecule has 1 fully saturated rings. The van der Waals surface area contributed by atoms with Crippen molar-refractivity contribution in [2.24, 2.45) is 5.92 Å². The van der Waals surface area contributed by atoms with Crippen LogP contribution in [0.1, 0.15) is 58.6 Å². The standard InChI is InChI=1S/C17H23NO2S/c1-13-11-16(21-15(13)9-5-6-10-19)17(20)18-12-14-7-3-2-4-8-14/h11,14,19H,2-4,6-8,10,12H2,1H3,(H,18,20). The summed E-state index contributed by atoms with van der Waals surface area (Å²) in [6, 6.07) is 1.91. The van der Waals surface area contributed by atoms with E-state index in [9.17, 15) is 4.79 Å². The first-order valence-corrected chi connectivity index (χ1v) is 8.50. The first kappa shape index (κ1) is 16.1. The third-order valence-electron chi connectivity index (χ3n) is 3.86. The Morgan fingerprint density at radius 3 is 2.90 bits per heavy atom. The van der Waals surface area contributed by atoms with Crippen LogP contribution >= 0.6 is 11.3 Å². The van der Waals surface area contributed by atoms with Crippen molar-refractivity contribution in [2.75, 3.05) is 13.2 Å². The smallest absolute Gasteiger partial charge is 0.261 e. The van der Waals surface area contributed by atoms with Gasteiger partial charge < -0.3 is 10.4 Å². The predicted octanol–water partition coefficient (Wildman–Crippen LogP) is 3.10. The molecule has 4 heteroatoms. The Morgan fingerprint density at radius 1 is 1.43 bits per heavy atom. The van der Waals surface area contributed by atoms with Gasteiger partial charge >= 0.3 is 0 Å². The lowest BCUT2D eigenvalue weighted by Crippen LogP contribution is -2.29. The second-order valence-corrected chi connectivity index (χ2v) is 6.66. The van der Waals surface area contributed by atoms with Gasteiger partial charge in [0.15, 0.2) is 0 Å². The minimum atomic E-state index is 0.0175. The summed E-state index contributed by atoms with van der Waals surface area (Å²) in [6.45, 7) is 2.84. The summed E-state index contributed by atoms with van der Waals surface area (Å²) < 4.78 is 0. The molecule has 1 heterocycles. The van der Waals surface area contributed by atoms with Gasteiger partial charge in [0.05, 0.1) is 16.4 Å². The van der Waals surface area contributed by atoms with Gasteiger partial charge in [-0.15, -0.1) is 11.3 Å². The number of carbonyl (C=O) groups is 1. The van der Waals surface area contributed by atoms with E-state index in [4.69, 9.17) is 5.11 Å². The molecule has 0 aromatic carbocycles. The molecule has 0 spiro atoms. The second-order valence-electron chi connectivity index (χ2n) is 5.61. The minimum Gasteiger partial charge on any atom is -0.395 e. The molecule has 1 aromatic heterocycles. The largest absolute Gasteiger partial charge is 0.395 e. The summed E-state index contributed by atoms with van der Waals surface area (Å²) in [4.78, 5) is 13.8. The van der Waals surface area contributed by atoms with Crippen LogP contribution < -0.4 is 5.32 Å². The van der Waals surface area contributed by atoms with E-state index in [1.54, 1.807) is 0 Å². The third-order valence-corrected chi connectivity index (χ3v) is 5.01. The van der Waals surface area contributed by atoms with Crippen molar-refractivity contribution in [1.29, 1.82) is 0 Å². The van der Waals surface area contributed by atoms with Crippen molar-refractivity contribution >= 4 is 17.2 Å². The number of aryl methyl sites for hydroxylation is 1. The number of thiophene rings is 1. The molecule has 0 saturated heterocycles. The number of nitrogens with one attached hydrogen (secondary N) is 1. The first-order chi connectivity index (χ1) is 10.2. The van der Waals surface area contributed by atoms with Gasteiger partial charge in [0, 0.05) is 13.0 Å². The zero-order valence-corrected chi connectivity index (χ0v) is 13.4. The van der Waals surface area contributed by atoms with Crippen LogP contribution in [0.25, 0.3) is 0 Å². The first-order valence-electron chi connectivity index (χ1n) is 7.69. The Morgan fingerprint density at radius 2 is 2.19 bits per heavy atom. The van der Waals surface area contributed by atoms with E-state index in [-0.39, 0.29) is 12.5 Å². The van der Waals surface area contributed by atoms with E-state index in [0.717, 1.165) is 21.9 Å². The van der Waals surface area contributed by atoms with Crippen LogP contribution in [0.2, 0.25) is 0 Å². The van der Waals surface area contributed by atoms with E-state index in [2.05, 4.69) is 17.2 Å². The number of aliphatic hydroxyl groups is 1. The fourth-order valence-corrected chi connectivity index (χ4v) is 3.60. The maximum Gasteiger partial charge on any atom is 0.261 e. The number of amides is 1. The van der Waals surface area contributed by atoms with Crippen LogP contribution in [0.5, 0.6) is 0 Å². The van der Waals surface area contributed by atoms with E-state index in [1.807, 2.05) is 13.0 Å². The lowest BCUT2D eigenvalue weighted by molar-refractivity contribution is 0.0947. The van der Waals surface area contributed by atoms with Crippen LogP contribution in [0.15, 0.2) is 6.07 Å². The molecule has 21 heavy (non-hydrogen) atoms. The summed E-state index contributed by atoms with van der Waals surface area (Å²) >= 11 is 1.44. The second kappa shape index (κ2) is 8.21. The van der Waals surface area contributed by atoms with Crippen molar-refractivity contribution < 1.29 is 9.90 Å². The Hall–Kier alpha value is -1.31. The lowest BCUT2D eigenvalue weighted by Gasteiger charge is -2.21. The Labute approximate surface area is 130 Å². The molecule has 0 radical (unpaired) electrons. The van der Waals surface area contributed by atoms with Gasteiger partial charge in [0.25, 0.3) is 5.91 Å². The summed E-state index contributed by atoms with van der Waals surface area (Å²) in [5.41, 5.74) is 1.04. The molecule has 1 amide bonds. The predicted molar refractivity (Wildman–Crippen MR) is 86.5 cm³/mol. The molecule has 0 unspecified atom stereocenters. The molecular weight excluding hydrogens is 282 g/mol. The zero-order valence-electron chi connectivity index (χ0n) is 12.6. The minimum absolute atomic E-state index is 0.0175. The Balaban J connectivity index is 1.90. The normalized spacial score (nSPS) is 15.3. The average Bonchev–Trinajstić information content (AvgIpc) is 2.87. The highest BCUT2D eigenvalue weighted by molar-refractivity contribution is 7.14. The fraction of sp³-hybridized carbons (Fsp3) is 0.588. The van der Waals surface area contributed by atoms with Crippen LogP contribution in [0.3, 0.4) is 0 Å². The highest BCUT2D eigenvalue weighted by Gasteiger charge is 2.16. The Bertz CT molecular complexity index is 533. The van der Waals surface area contributed by atoms with Crippen molar-refractivity contribution in [1.82, 2.24) is 5.32 Å². The number of hydrogen-bond donors (Lipinski definition) is 2. The van der Waals surface area contributed by atoms with E-state index >= 15 is 0 Å². The summed E-state index contributed by atoms with van der Waals surface area (Å²) in [6.07, 6.45) is 6.88. The van der Waals surface area contributed by atoms with Gasteiger partial charge in [-0.25, -0.2) is 0 Å². The van der Waals surface area contributed by atoms with E-state index in [1.165, 1.54) is 43.4 Å². The van der Waals surface area contributed by atoms with Crippen molar-refractivity contribution in [3.05, 3.63) is 21.4 Å². The van der Waals surface area contributed by atoms with Crippen molar-refractivity contribution in [2.45, 2.75) is 45.4 Å². The number of hydrogen-bond acceptors (Lipinski definition) is 3. The third kappa shape index (κ3) is 4.87. The molecule has 1 aliphatic rings. The van der Waals surface area contributed by atoms with Crippen molar-refractivity contribution in [3.63, 3.8) is 0 Å². The molecular formula is C17H23NO2S. The summed E-state index contributed by atoms with van der Waals surface area (Å²) in [5.74, 6) is 6.59. The monoisotopic (exact) mass is 305 g/mol. The number of carbonyl (C=O) groups excluding carboxylic acids is 1. The van der Waals surface area contributed by atoms with Crippen LogP contribution in [0, 0.1) is 24.7 Å². The maximum absolute atomic E-state index is 12.2. The SMILES string of the molecule is Cc1cc(C(=O)NCC2CCCCC2)sc1C#CCCO. The van der Waals surface area contributed by atoms with Gasteiger partial charge in [-0.3, -0.25) is 4.79 Å². The van der Waals surface area contributed by atoms with Crippen LogP contribution in [-0.4, -0.2) is 24.2 Å². The van der Waals surface area contributed by atoms with Gasteiger partial charge in [0.1, 0.15) is 0 Å². The quantitative estimate of drug-likeness (QED) is 0.840. The van der Waals surface area contributed by atoms with Crippen LogP contribution in [-0.2, 0) is 0 Å². The molecule has 114 valence electrons. The highest BCUT2D eigenvalue weighted by atomic mass is 32.1. The summed E-state index contributed by atoms with van der Waals surface area (Å²) in [5, 5.41) is 11.8. The number of aliphatic hydroxyl groups excluding tert-OH is 1.